The number of piperidine rings is 1. The Kier molecular flexibility index (Phi) is 7.10. The van der Waals surface area contributed by atoms with Gasteiger partial charge in [0.15, 0.2) is 0 Å². The van der Waals surface area contributed by atoms with Crippen LogP contribution in [-0.2, 0) is 0 Å². The van der Waals surface area contributed by atoms with Crippen molar-refractivity contribution in [3.63, 3.8) is 0 Å². The molecule has 0 spiro atoms. The van der Waals surface area contributed by atoms with Gasteiger partial charge in [0.1, 0.15) is 10.8 Å². The van der Waals surface area contributed by atoms with Crippen LogP contribution in [0.4, 0.5) is 16.2 Å². The number of amides is 3. The monoisotopic (exact) mass is 485 g/mol. The minimum Gasteiger partial charge on any atom is -0.495 e. The van der Waals surface area contributed by atoms with Crippen LogP contribution in [0.3, 0.4) is 0 Å². The molecule has 8 nitrogen and oxygen atoms in total. The van der Waals surface area contributed by atoms with Crippen molar-refractivity contribution in [1.82, 2.24) is 15.1 Å². The molecule has 0 unspecified atom stereocenters. The van der Waals surface area contributed by atoms with Crippen LogP contribution < -0.4 is 15.4 Å². The van der Waals surface area contributed by atoms with E-state index >= 15 is 0 Å². The molecule has 0 aliphatic carbocycles. The Morgan fingerprint density at radius 2 is 1.82 bits per heavy atom. The van der Waals surface area contributed by atoms with Crippen molar-refractivity contribution in [3.8, 4) is 5.75 Å². The number of ether oxygens (including phenoxy) is 1. The molecule has 1 fully saturated rings. The lowest BCUT2D eigenvalue weighted by Gasteiger charge is -2.31. The van der Waals surface area contributed by atoms with Gasteiger partial charge in [0.05, 0.1) is 12.8 Å². The van der Waals surface area contributed by atoms with Gasteiger partial charge in [-0.3, -0.25) is 4.79 Å². The summed E-state index contributed by atoms with van der Waals surface area (Å²) in [5.74, 6) is 0.441. The minimum atomic E-state index is -0.269. The Labute approximate surface area is 200 Å². The van der Waals surface area contributed by atoms with Gasteiger partial charge in [0, 0.05) is 29.7 Å². The van der Waals surface area contributed by atoms with E-state index in [0.29, 0.717) is 34.6 Å². The van der Waals surface area contributed by atoms with E-state index in [1.807, 2.05) is 31.2 Å². The van der Waals surface area contributed by atoms with E-state index in [0.717, 1.165) is 29.1 Å². The maximum atomic E-state index is 12.7. The summed E-state index contributed by atoms with van der Waals surface area (Å²) in [7, 11) is 1.54. The van der Waals surface area contributed by atoms with E-state index in [9.17, 15) is 9.59 Å². The molecule has 1 aromatic heterocycles. The highest BCUT2D eigenvalue weighted by Crippen LogP contribution is 2.32. The molecule has 0 atom stereocenters. The fourth-order valence-corrected chi connectivity index (χ4v) is 4.69. The Balaban J connectivity index is 1.32. The maximum Gasteiger partial charge on any atom is 0.321 e. The van der Waals surface area contributed by atoms with E-state index in [1.165, 1.54) is 11.3 Å². The van der Waals surface area contributed by atoms with Crippen molar-refractivity contribution in [2.75, 3.05) is 30.8 Å². The molecular weight excluding hydrogens is 462 g/mol. The van der Waals surface area contributed by atoms with Crippen LogP contribution in [0, 0.1) is 6.92 Å². The number of urea groups is 1. The van der Waals surface area contributed by atoms with Gasteiger partial charge in [-0.1, -0.05) is 40.6 Å². The molecule has 3 amide bonds. The number of hydrogen-bond acceptors (Lipinski definition) is 6. The molecule has 0 radical (unpaired) electrons. The molecule has 0 bridgehead atoms. The quantitative estimate of drug-likeness (QED) is 0.519. The van der Waals surface area contributed by atoms with Crippen molar-refractivity contribution in [2.24, 2.45) is 0 Å². The number of carbonyl (C=O) groups is 2. The third-order valence-corrected chi connectivity index (χ3v) is 6.80. The van der Waals surface area contributed by atoms with Gasteiger partial charge in [-0.2, -0.15) is 0 Å². The number of benzene rings is 2. The number of anilines is 2. The zero-order valence-electron chi connectivity index (χ0n) is 18.3. The second kappa shape index (κ2) is 10.2. The van der Waals surface area contributed by atoms with E-state index < -0.39 is 0 Å². The zero-order valence-corrected chi connectivity index (χ0v) is 19.9. The SMILES string of the molecule is COc1ccc(Cl)cc1NC(=O)N1CCC(c2nnc(C(=O)Nc3ccc(C)cc3)s2)CC1. The van der Waals surface area contributed by atoms with Gasteiger partial charge in [-0.05, 0) is 50.1 Å². The fraction of sp³-hybridized carbons (Fsp3) is 0.304. The molecule has 10 heteroatoms. The van der Waals surface area contributed by atoms with E-state index in [2.05, 4.69) is 20.8 Å². The van der Waals surface area contributed by atoms with Crippen molar-refractivity contribution < 1.29 is 14.3 Å². The summed E-state index contributed by atoms with van der Waals surface area (Å²) >= 11 is 7.35. The number of rotatable bonds is 5. The van der Waals surface area contributed by atoms with Gasteiger partial charge < -0.3 is 20.3 Å². The van der Waals surface area contributed by atoms with Crippen molar-refractivity contribution >= 4 is 46.3 Å². The van der Waals surface area contributed by atoms with Crippen LogP contribution >= 0.6 is 22.9 Å². The molecular formula is C23H24ClN5O3S. The molecule has 4 rings (SSSR count). The van der Waals surface area contributed by atoms with Crippen LogP contribution in [0.15, 0.2) is 42.5 Å². The van der Waals surface area contributed by atoms with Gasteiger partial charge in [-0.25, -0.2) is 4.79 Å². The van der Waals surface area contributed by atoms with Gasteiger partial charge >= 0.3 is 6.03 Å². The highest BCUT2D eigenvalue weighted by atomic mass is 35.5. The average molecular weight is 486 g/mol. The summed E-state index contributed by atoms with van der Waals surface area (Å²) in [6.07, 6.45) is 1.49. The Morgan fingerprint density at radius 3 is 2.52 bits per heavy atom. The predicted molar refractivity (Wildman–Crippen MR) is 130 cm³/mol. The Morgan fingerprint density at radius 1 is 1.09 bits per heavy atom. The van der Waals surface area contributed by atoms with E-state index in [1.54, 1.807) is 30.2 Å². The smallest absolute Gasteiger partial charge is 0.321 e. The van der Waals surface area contributed by atoms with Crippen LogP contribution in [0.25, 0.3) is 0 Å². The first-order valence-corrected chi connectivity index (χ1v) is 11.7. The van der Waals surface area contributed by atoms with Crippen LogP contribution in [0.1, 0.15) is 39.1 Å². The molecule has 0 saturated carbocycles. The number of carbonyl (C=O) groups excluding carboxylic acids is 2. The Hall–Kier alpha value is -3.17. The van der Waals surface area contributed by atoms with Crippen molar-refractivity contribution in [3.05, 3.63) is 63.1 Å². The second-order valence-electron chi connectivity index (χ2n) is 7.80. The third-order valence-electron chi connectivity index (χ3n) is 5.48. The molecule has 2 aromatic carbocycles. The molecule has 33 heavy (non-hydrogen) atoms. The first-order valence-electron chi connectivity index (χ1n) is 10.5. The van der Waals surface area contributed by atoms with E-state index in [-0.39, 0.29) is 17.9 Å². The Bertz CT molecular complexity index is 1140. The number of aromatic nitrogens is 2. The minimum absolute atomic E-state index is 0.160. The largest absolute Gasteiger partial charge is 0.495 e. The number of nitrogens with one attached hydrogen (secondary N) is 2. The summed E-state index contributed by atoms with van der Waals surface area (Å²) < 4.78 is 5.29. The summed E-state index contributed by atoms with van der Waals surface area (Å²) in [6.45, 7) is 3.14. The normalized spacial score (nSPS) is 14.1. The molecule has 2 N–H and O–H groups in total. The van der Waals surface area contributed by atoms with E-state index in [4.69, 9.17) is 16.3 Å². The van der Waals surface area contributed by atoms with Crippen molar-refractivity contribution in [1.29, 1.82) is 0 Å². The van der Waals surface area contributed by atoms with Crippen LogP contribution in [-0.4, -0.2) is 47.2 Å². The highest BCUT2D eigenvalue weighted by Gasteiger charge is 2.27. The lowest BCUT2D eigenvalue weighted by molar-refractivity contribution is 0.102. The first-order chi connectivity index (χ1) is 15.9. The third kappa shape index (κ3) is 5.61. The number of halogens is 1. The molecule has 1 saturated heterocycles. The zero-order chi connectivity index (χ0) is 23.4. The molecule has 1 aliphatic heterocycles. The summed E-state index contributed by atoms with van der Waals surface area (Å²) in [5.41, 5.74) is 2.38. The number of hydrogen-bond donors (Lipinski definition) is 2. The molecule has 3 aromatic rings. The number of nitrogens with zero attached hydrogens (tertiary/aromatic N) is 3. The summed E-state index contributed by atoms with van der Waals surface area (Å²) in [5, 5.41) is 15.7. The average Bonchev–Trinajstić information content (AvgIpc) is 3.31. The topological polar surface area (TPSA) is 96.4 Å². The van der Waals surface area contributed by atoms with Gasteiger partial charge in [-0.15, -0.1) is 10.2 Å². The standard InChI is InChI=1S/C23H24ClN5O3S/c1-14-3-6-17(7-4-14)25-20(30)22-28-27-21(33-22)15-9-11-29(12-10-15)23(31)26-18-13-16(24)5-8-19(18)32-2/h3-8,13,15H,9-12H2,1-2H3,(H,25,30)(H,26,31). The molecule has 172 valence electrons. The molecule has 2 heterocycles. The lowest BCUT2D eigenvalue weighted by atomic mass is 9.98. The van der Waals surface area contributed by atoms with Crippen LogP contribution in [0.5, 0.6) is 5.75 Å². The second-order valence-corrected chi connectivity index (χ2v) is 9.25. The predicted octanol–water partition coefficient (Wildman–Crippen LogP) is 5.17. The summed E-state index contributed by atoms with van der Waals surface area (Å²) in [6, 6.07) is 12.5. The van der Waals surface area contributed by atoms with Crippen molar-refractivity contribution in [2.45, 2.75) is 25.7 Å². The first kappa shape index (κ1) is 23.0. The fourth-order valence-electron chi connectivity index (χ4n) is 3.61. The number of aryl methyl sites for hydroxylation is 1. The number of methoxy groups -OCH3 is 1. The molecule has 1 aliphatic rings. The van der Waals surface area contributed by atoms with Gasteiger partial charge in [0.2, 0.25) is 5.01 Å². The highest BCUT2D eigenvalue weighted by molar-refractivity contribution is 7.13. The van der Waals surface area contributed by atoms with Crippen LogP contribution in [0.2, 0.25) is 5.02 Å². The number of likely N-dealkylation sites (tertiary alicyclic amines) is 1. The summed E-state index contributed by atoms with van der Waals surface area (Å²) in [4.78, 5) is 27.0. The van der Waals surface area contributed by atoms with Gasteiger partial charge in [0.25, 0.3) is 5.91 Å². The lowest BCUT2D eigenvalue weighted by Crippen LogP contribution is -2.40. The maximum absolute atomic E-state index is 12.7.